The second-order valence-electron chi connectivity index (χ2n) is 6.54. The Balaban J connectivity index is 1.76. The molecular formula is C21H24N4OS. The van der Waals surface area contributed by atoms with E-state index < -0.39 is 0 Å². The van der Waals surface area contributed by atoms with Crippen molar-refractivity contribution in [3.8, 4) is 0 Å². The van der Waals surface area contributed by atoms with Crippen molar-refractivity contribution < 1.29 is 4.79 Å². The van der Waals surface area contributed by atoms with Crippen molar-refractivity contribution in [3.63, 3.8) is 0 Å². The van der Waals surface area contributed by atoms with Gasteiger partial charge in [0.25, 0.3) is 0 Å². The van der Waals surface area contributed by atoms with E-state index in [9.17, 15) is 4.79 Å². The molecule has 0 saturated carbocycles. The molecule has 1 fully saturated rings. The van der Waals surface area contributed by atoms with Crippen LogP contribution in [0.4, 0.5) is 5.69 Å². The summed E-state index contributed by atoms with van der Waals surface area (Å²) in [7, 11) is 4.02. The number of hydrogen-bond donors (Lipinski definition) is 0. The van der Waals surface area contributed by atoms with E-state index in [1.807, 2.05) is 80.5 Å². The van der Waals surface area contributed by atoms with Crippen LogP contribution in [0.25, 0.3) is 0 Å². The summed E-state index contributed by atoms with van der Waals surface area (Å²) in [5.74, 6) is 0.107. The predicted octanol–water partition coefficient (Wildman–Crippen LogP) is 4.00. The maximum Gasteiger partial charge on any atom is 0.242 e. The van der Waals surface area contributed by atoms with Crippen LogP contribution in [0, 0.1) is 0 Å². The van der Waals surface area contributed by atoms with E-state index in [0.717, 1.165) is 23.2 Å². The van der Waals surface area contributed by atoms with E-state index in [-0.39, 0.29) is 11.2 Å². The summed E-state index contributed by atoms with van der Waals surface area (Å²) in [6.07, 6.45) is 2.50. The van der Waals surface area contributed by atoms with Gasteiger partial charge < -0.3 is 4.90 Å². The lowest BCUT2D eigenvalue weighted by Gasteiger charge is -2.15. The van der Waals surface area contributed by atoms with E-state index >= 15 is 0 Å². The molecule has 140 valence electrons. The monoisotopic (exact) mass is 380 g/mol. The van der Waals surface area contributed by atoms with Crippen LogP contribution in [0.3, 0.4) is 0 Å². The van der Waals surface area contributed by atoms with Crippen LogP contribution in [0.5, 0.6) is 0 Å². The molecule has 0 bridgehead atoms. The molecule has 5 nitrogen and oxygen atoms in total. The van der Waals surface area contributed by atoms with Crippen LogP contribution in [0.1, 0.15) is 24.5 Å². The molecule has 1 atom stereocenters. The van der Waals surface area contributed by atoms with E-state index in [1.54, 1.807) is 11.1 Å². The first-order valence-electron chi connectivity index (χ1n) is 8.99. The molecule has 0 spiro atoms. The first kappa shape index (κ1) is 19.2. The van der Waals surface area contributed by atoms with Crippen molar-refractivity contribution in [1.82, 2.24) is 4.90 Å². The first-order valence-corrected chi connectivity index (χ1v) is 9.87. The van der Waals surface area contributed by atoms with Gasteiger partial charge in [0.2, 0.25) is 5.91 Å². The Hall–Kier alpha value is -2.60. The average molecular weight is 381 g/mol. The Bertz CT molecular complexity index is 831. The molecule has 2 aromatic carbocycles. The minimum absolute atomic E-state index is 0.0814. The third-order valence-corrected chi connectivity index (χ3v) is 5.67. The molecule has 1 saturated heterocycles. The molecule has 1 unspecified atom stereocenters. The fourth-order valence-electron chi connectivity index (χ4n) is 2.76. The number of amides is 1. The van der Waals surface area contributed by atoms with Crippen LogP contribution in [-0.2, 0) is 11.3 Å². The number of thioether (sulfide) groups is 1. The van der Waals surface area contributed by atoms with E-state index in [1.165, 1.54) is 11.8 Å². The Kier molecular flexibility index (Phi) is 6.29. The van der Waals surface area contributed by atoms with Gasteiger partial charge in [-0.2, -0.15) is 5.10 Å². The Morgan fingerprint density at radius 3 is 2.44 bits per heavy atom. The van der Waals surface area contributed by atoms with Crippen molar-refractivity contribution >= 4 is 34.7 Å². The summed E-state index contributed by atoms with van der Waals surface area (Å²) >= 11 is 1.49. The summed E-state index contributed by atoms with van der Waals surface area (Å²) in [6.45, 7) is 2.55. The lowest BCUT2D eigenvalue weighted by atomic mass is 10.2. The third kappa shape index (κ3) is 4.77. The SMILES string of the molecule is CCC1SC(=NN=Cc2ccc(N(C)C)cc2)N(Cc2ccccc2)C1=O. The largest absolute Gasteiger partial charge is 0.378 e. The van der Waals surface area contributed by atoms with Gasteiger partial charge in [0.15, 0.2) is 5.17 Å². The van der Waals surface area contributed by atoms with Crippen LogP contribution in [-0.4, -0.2) is 41.5 Å². The molecule has 1 aliphatic rings. The Morgan fingerprint density at radius 1 is 1.11 bits per heavy atom. The fourth-order valence-corrected chi connectivity index (χ4v) is 3.79. The van der Waals surface area contributed by atoms with Gasteiger partial charge in [-0.15, -0.1) is 5.10 Å². The molecular weight excluding hydrogens is 356 g/mol. The summed E-state index contributed by atoms with van der Waals surface area (Å²) < 4.78 is 0. The van der Waals surface area contributed by atoms with Crippen LogP contribution < -0.4 is 4.90 Å². The van der Waals surface area contributed by atoms with Crippen LogP contribution in [0.2, 0.25) is 0 Å². The van der Waals surface area contributed by atoms with Crippen LogP contribution in [0.15, 0.2) is 64.8 Å². The zero-order valence-electron chi connectivity index (χ0n) is 15.9. The third-order valence-electron chi connectivity index (χ3n) is 4.33. The van der Waals surface area contributed by atoms with Gasteiger partial charge >= 0.3 is 0 Å². The van der Waals surface area contributed by atoms with Crippen molar-refractivity contribution in [2.75, 3.05) is 19.0 Å². The number of carbonyl (C=O) groups excluding carboxylic acids is 1. The summed E-state index contributed by atoms with van der Waals surface area (Å²) in [4.78, 5) is 16.4. The van der Waals surface area contributed by atoms with Crippen molar-refractivity contribution in [3.05, 3.63) is 65.7 Å². The highest BCUT2D eigenvalue weighted by Gasteiger charge is 2.36. The van der Waals surface area contributed by atoms with Crippen molar-refractivity contribution in [1.29, 1.82) is 0 Å². The molecule has 2 aromatic rings. The highest BCUT2D eigenvalue weighted by Crippen LogP contribution is 2.30. The second kappa shape index (κ2) is 8.86. The van der Waals surface area contributed by atoms with Gasteiger partial charge in [0.1, 0.15) is 0 Å². The highest BCUT2D eigenvalue weighted by molar-refractivity contribution is 8.15. The molecule has 0 N–H and O–H groups in total. The number of rotatable bonds is 6. The van der Waals surface area contributed by atoms with E-state index in [0.29, 0.717) is 11.7 Å². The molecule has 0 aromatic heterocycles. The van der Waals surface area contributed by atoms with Crippen molar-refractivity contribution in [2.45, 2.75) is 25.1 Å². The number of carbonyl (C=O) groups is 1. The molecule has 0 radical (unpaired) electrons. The van der Waals surface area contributed by atoms with Gasteiger partial charge in [0, 0.05) is 19.8 Å². The molecule has 3 rings (SSSR count). The number of hydrogen-bond acceptors (Lipinski definition) is 5. The predicted molar refractivity (Wildman–Crippen MR) is 114 cm³/mol. The average Bonchev–Trinajstić information content (AvgIpc) is 2.98. The van der Waals surface area contributed by atoms with Gasteiger partial charge in [-0.1, -0.05) is 61.2 Å². The second-order valence-corrected chi connectivity index (χ2v) is 7.71. The minimum atomic E-state index is -0.0814. The Labute approximate surface area is 164 Å². The van der Waals surface area contributed by atoms with Gasteiger partial charge in [-0.05, 0) is 29.7 Å². The zero-order valence-corrected chi connectivity index (χ0v) is 16.7. The zero-order chi connectivity index (χ0) is 19.2. The number of anilines is 1. The topological polar surface area (TPSA) is 48.3 Å². The molecule has 1 aliphatic heterocycles. The summed E-state index contributed by atoms with van der Waals surface area (Å²) in [5, 5.41) is 9.16. The van der Waals surface area contributed by atoms with E-state index in [2.05, 4.69) is 10.2 Å². The van der Waals surface area contributed by atoms with Crippen molar-refractivity contribution in [2.24, 2.45) is 10.2 Å². The lowest BCUT2D eigenvalue weighted by Crippen LogP contribution is -2.31. The fraction of sp³-hybridized carbons (Fsp3) is 0.286. The van der Waals surface area contributed by atoms with Crippen LogP contribution >= 0.6 is 11.8 Å². The maximum absolute atomic E-state index is 12.7. The minimum Gasteiger partial charge on any atom is -0.378 e. The summed E-state index contributed by atoms with van der Waals surface area (Å²) in [5.41, 5.74) is 3.19. The normalized spacial score (nSPS) is 18.6. The van der Waals surface area contributed by atoms with Gasteiger partial charge in [0.05, 0.1) is 18.0 Å². The highest BCUT2D eigenvalue weighted by atomic mass is 32.2. The van der Waals surface area contributed by atoms with Gasteiger partial charge in [-0.3, -0.25) is 9.69 Å². The summed E-state index contributed by atoms with van der Waals surface area (Å²) in [6, 6.07) is 18.0. The standard InChI is InChI=1S/C21H24N4OS/c1-4-19-20(26)25(15-17-8-6-5-7-9-17)21(27-19)23-22-14-16-10-12-18(13-11-16)24(2)3/h5-14,19H,4,15H2,1-3H3. The molecule has 1 amide bonds. The molecule has 6 heteroatoms. The molecule has 1 heterocycles. The number of amidine groups is 1. The van der Waals surface area contributed by atoms with Gasteiger partial charge in [-0.25, -0.2) is 0 Å². The maximum atomic E-state index is 12.7. The van der Waals surface area contributed by atoms with E-state index in [4.69, 9.17) is 0 Å². The smallest absolute Gasteiger partial charge is 0.242 e. The quantitative estimate of drug-likeness (QED) is 0.562. The molecule has 27 heavy (non-hydrogen) atoms. The molecule has 0 aliphatic carbocycles. The Morgan fingerprint density at radius 2 is 1.81 bits per heavy atom. The number of benzene rings is 2. The lowest BCUT2D eigenvalue weighted by molar-refractivity contribution is -0.126. The first-order chi connectivity index (χ1) is 13.1. The number of nitrogens with zero attached hydrogens (tertiary/aromatic N) is 4.